The van der Waals surface area contributed by atoms with E-state index in [2.05, 4.69) is 14.4 Å². The fourth-order valence-electron chi connectivity index (χ4n) is 2.34. The molecule has 3 rings (SSSR count). The van der Waals surface area contributed by atoms with E-state index in [1.54, 1.807) is 12.1 Å². The topological polar surface area (TPSA) is 105 Å². The van der Waals surface area contributed by atoms with Crippen LogP contribution in [0.2, 0.25) is 0 Å². The summed E-state index contributed by atoms with van der Waals surface area (Å²) in [6, 6.07) is 15.2. The summed E-state index contributed by atoms with van der Waals surface area (Å²) in [6.45, 7) is 0. The fourth-order valence-corrected chi connectivity index (χ4v) is 4.54. The molecule has 0 unspecified atom stereocenters. The lowest BCUT2D eigenvalue weighted by Crippen LogP contribution is -2.16. The number of nitrogens with one attached hydrogen (secondary N) is 2. The quantitative estimate of drug-likeness (QED) is 0.610. The maximum atomic E-state index is 12.9. The van der Waals surface area contributed by atoms with Gasteiger partial charge in [-0.25, -0.2) is 26.2 Å². The van der Waals surface area contributed by atoms with Crippen molar-refractivity contribution in [2.75, 3.05) is 9.44 Å². The maximum absolute atomic E-state index is 12.9. The van der Waals surface area contributed by atoms with Gasteiger partial charge in [-0.1, -0.05) is 18.2 Å². The SMILES string of the molecule is O=S(=O)(Cc1ccc(F)cc1)Nc1ccc(S(=O)(=O)Nc2ccccn2)cc1. The van der Waals surface area contributed by atoms with Gasteiger partial charge in [-0.05, 0) is 54.1 Å². The monoisotopic (exact) mass is 421 g/mol. The average Bonchev–Trinajstić information content (AvgIpc) is 2.64. The molecule has 0 saturated carbocycles. The van der Waals surface area contributed by atoms with Crippen molar-refractivity contribution in [3.63, 3.8) is 0 Å². The molecule has 1 heterocycles. The highest BCUT2D eigenvalue weighted by molar-refractivity contribution is 7.92. The van der Waals surface area contributed by atoms with Gasteiger partial charge >= 0.3 is 0 Å². The standard InChI is InChI=1S/C18H16FN3O4S2/c19-15-6-4-14(5-7-15)13-27(23,24)21-16-8-10-17(11-9-16)28(25,26)22-18-3-1-2-12-20-18/h1-12,21H,13H2,(H,20,22). The van der Waals surface area contributed by atoms with Crippen molar-refractivity contribution in [1.29, 1.82) is 0 Å². The van der Waals surface area contributed by atoms with Gasteiger partial charge in [-0.2, -0.15) is 0 Å². The number of halogens is 1. The molecule has 0 spiro atoms. The Bertz CT molecular complexity index is 1150. The molecular formula is C18H16FN3O4S2. The number of hydrogen-bond donors (Lipinski definition) is 2. The molecule has 0 aliphatic carbocycles. The Balaban J connectivity index is 1.70. The summed E-state index contributed by atoms with van der Waals surface area (Å²) in [6.07, 6.45) is 1.46. The van der Waals surface area contributed by atoms with Crippen molar-refractivity contribution in [1.82, 2.24) is 4.98 Å². The second kappa shape index (κ2) is 7.95. The van der Waals surface area contributed by atoms with Crippen molar-refractivity contribution in [3.8, 4) is 0 Å². The van der Waals surface area contributed by atoms with E-state index in [-0.39, 0.29) is 22.2 Å². The minimum atomic E-state index is -3.85. The smallest absolute Gasteiger partial charge is 0.263 e. The lowest BCUT2D eigenvalue weighted by atomic mass is 10.2. The molecule has 0 radical (unpaired) electrons. The number of anilines is 2. The number of nitrogens with zero attached hydrogens (tertiary/aromatic N) is 1. The summed E-state index contributed by atoms with van der Waals surface area (Å²) in [7, 11) is -7.60. The van der Waals surface area contributed by atoms with Crippen LogP contribution in [0.5, 0.6) is 0 Å². The number of pyridine rings is 1. The fraction of sp³-hybridized carbons (Fsp3) is 0.0556. The average molecular weight is 421 g/mol. The number of rotatable bonds is 7. The van der Waals surface area contributed by atoms with Crippen molar-refractivity contribution >= 4 is 31.6 Å². The molecule has 0 bridgehead atoms. The van der Waals surface area contributed by atoms with Crippen LogP contribution in [0, 0.1) is 5.82 Å². The van der Waals surface area contributed by atoms with E-state index in [0.717, 1.165) is 0 Å². The van der Waals surface area contributed by atoms with Crippen LogP contribution in [0.1, 0.15) is 5.56 Å². The van der Waals surface area contributed by atoms with E-state index in [0.29, 0.717) is 5.56 Å². The first-order chi connectivity index (χ1) is 13.2. The van der Waals surface area contributed by atoms with E-state index in [9.17, 15) is 21.2 Å². The third-order valence-electron chi connectivity index (χ3n) is 3.61. The Morgan fingerprint density at radius 2 is 1.50 bits per heavy atom. The van der Waals surface area contributed by atoms with Gasteiger partial charge in [0.2, 0.25) is 10.0 Å². The van der Waals surface area contributed by atoms with Gasteiger partial charge in [0.05, 0.1) is 10.6 Å². The highest BCUT2D eigenvalue weighted by atomic mass is 32.2. The molecule has 28 heavy (non-hydrogen) atoms. The summed E-state index contributed by atoms with van der Waals surface area (Å²) in [4.78, 5) is 3.85. The van der Waals surface area contributed by atoms with E-state index < -0.39 is 25.9 Å². The molecule has 3 aromatic rings. The third-order valence-corrected chi connectivity index (χ3v) is 6.24. The van der Waals surface area contributed by atoms with Gasteiger partial charge in [-0.3, -0.25) is 9.44 Å². The summed E-state index contributed by atoms with van der Waals surface area (Å²) >= 11 is 0. The van der Waals surface area contributed by atoms with Crippen molar-refractivity contribution in [3.05, 3.63) is 84.3 Å². The van der Waals surface area contributed by atoms with Crippen LogP contribution in [0.3, 0.4) is 0 Å². The van der Waals surface area contributed by atoms with Gasteiger partial charge in [-0.15, -0.1) is 0 Å². The summed E-state index contributed by atoms with van der Waals surface area (Å²) in [5, 5.41) is 0. The van der Waals surface area contributed by atoms with Gasteiger partial charge < -0.3 is 0 Å². The van der Waals surface area contributed by atoms with E-state index in [1.165, 1.54) is 60.8 Å². The molecule has 2 N–H and O–H groups in total. The molecule has 0 aliphatic rings. The second-order valence-corrected chi connectivity index (χ2v) is 9.24. The van der Waals surface area contributed by atoms with E-state index >= 15 is 0 Å². The first-order valence-corrected chi connectivity index (χ1v) is 11.2. The highest BCUT2D eigenvalue weighted by Gasteiger charge is 2.16. The predicted octanol–water partition coefficient (Wildman–Crippen LogP) is 2.96. The lowest BCUT2D eigenvalue weighted by molar-refractivity contribution is 0.599. The van der Waals surface area contributed by atoms with E-state index in [4.69, 9.17) is 0 Å². The van der Waals surface area contributed by atoms with Crippen LogP contribution in [0.25, 0.3) is 0 Å². The van der Waals surface area contributed by atoms with Crippen molar-refractivity contribution < 1.29 is 21.2 Å². The molecule has 1 aromatic heterocycles. The molecule has 0 aliphatic heterocycles. The van der Waals surface area contributed by atoms with Crippen LogP contribution < -0.4 is 9.44 Å². The molecule has 2 aromatic carbocycles. The number of benzene rings is 2. The number of hydrogen-bond acceptors (Lipinski definition) is 5. The molecule has 7 nitrogen and oxygen atoms in total. The molecule has 146 valence electrons. The molecule has 0 saturated heterocycles. The molecule has 0 amide bonds. The van der Waals surface area contributed by atoms with Crippen LogP contribution >= 0.6 is 0 Å². The maximum Gasteiger partial charge on any atom is 0.263 e. The second-order valence-electron chi connectivity index (χ2n) is 5.83. The predicted molar refractivity (Wildman–Crippen MR) is 104 cm³/mol. The van der Waals surface area contributed by atoms with E-state index in [1.807, 2.05) is 0 Å². The van der Waals surface area contributed by atoms with Crippen LogP contribution in [-0.4, -0.2) is 21.8 Å². The zero-order chi connectivity index (χ0) is 20.2. The molecular weight excluding hydrogens is 405 g/mol. The Kier molecular flexibility index (Phi) is 5.61. The zero-order valence-corrected chi connectivity index (χ0v) is 16.0. The summed E-state index contributed by atoms with van der Waals surface area (Å²) in [5.74, 6) is -0.619. The summed E-state index contributed by atoms with van der Waals surface area (Å²) < 4.78 is 66.8. The largest absolute Gasteiger partial charge is 0.283 e. The van der Waals surface area contributed by atoms with Gasteiger partial charge in [0, 0.05) is 11.9 Å². The third kappa shape index (κ3) is 5.27. The minimum absolute atomic E-state index is 0.0420. The highest BCUT2D eigenvalue weighted by Crippen LogP contribution is 2.19. The molecule has 10 heteroatoms. The Labute approximate surface area is 162 Å². The Hall–Kier alpha value is -2.98. The van der Waals surface area contributed by atoms with Gasteiger partial charge in [0.1, 0.15) is 11.6 Å². The Morgan fingerprint density at radius 1 is 0.821 bits per heavy atom. The van der Waals surface area contributed by atoms with Crippen LogP contribution in [-0.2, 0) is 25.8 Å². The number of sulfonamides is 2. The first kappa shape index (κ1) is 19.8. The first-order valence-electron chi connectivity index (χ1n) is 8.02. The van der Waals surface area contributed by atoms with Gasteiger partial charge in [0.15, 0.2) is 0 Å². The van der Waals surface area contributed by atoms with Gasteiger partial charge in [0.25, 0.3) is 10.0 Å². The van der Waals surface area contributed by atoms with Crippen LogP contribution in [0.4, 0.5) is 15.9 Å². The normalized spacial score (nSPS) is 11.8. The van der Waals surface area contributed by atoms with Crippen molar-refractivity contribution in [2.45, 2.75) is 10.6 Å². The van der Waals surface area contributed by atoms with Crippen LogP contribution in [0.15, 0.2) is 77.8 Å². The Morgan fingerprint density at radius 3 is 2.11 bits per heavy atom. The van der Waals surface area contributed by atoms with Crippen molar-refractivity contribution in [2.24, 2.45) is 0 Å². The lowest BCUT2D eigenvalue weighted by Gasteiger charge is -2.10. The minimum Gasteiger partial charge on any atom is -0.283 e. The summed E-state index contributed by atoms with van der Waals surface area (Å²) in [5.41, 5.74) is 0.631. The molecule has 0 fully saturated rings. The molecule has 0 atom stereocenters. The zero-order valence-electron chi connectivity index (χ0n) is 14.4. The number of aromatic nitrogens is 1.